The Morgan fingerprint density at radius 3 is 0.817 bits per heavy atom. The van der Waals surface area contributed by atoms with Crippen molar-refractivity contribution in [2.75, 3.05) is 80.4 Å². The molecule has 3 aromatic rings. The lowest BCUT2D eigenvalue weighted by molar-refractivity contribution is 0.0252. The van der Waals surface area contributed by atoms with Crippen LogP contribution in [0.5, 0.6) is 34.5 Å². The van der Waals surface area contributed by atoms with Crippen LogP contribution in [-0.2, 0) is 47.7 Å². The first-order valence-electron chi connectivity index (χ1n) is 32.0. The highest BCUT2D eigenvalue weighted by Gasteiger charge is 2.27. The van der Waals surface area contributed by atoms with Gasteiger partial charge in [0, 0.05) is 38.9 Å². The predicted octanol–water partition coefficient (Wildman–Crippen LogP) is 9.22. The summed E-state index contributed by atoms with van der Waals surface area (Å²) in [7, 11) is 4.70. The zero-order chi connectivity index (χ0) is 68.6. The number of carbonyl (C=O) groups is 6. The number of alkyl carbamates (subject to hydrolysis) is 6. The molecular weight excluding hydrogens is 1210 g/mol. The van der Waals surface area contributed by atoms with E-state index >= 15 is 0 Å². The molecule has 0 heterocycles. The molecule has 0 bridgehead atoms. The van der Waals surface area contributed by atoms with Gasteiger partial charge in [-0.1, -0.05) is 0 Å². The topological polar surface area (TPSA) is 363 Å². The molecule has 522 valence electrons. The fraction of sp³-hybridized carbons (Fsp3) is 0.636. The molecule has 1 aliphatic carbocycles. The predicted molar refractivity (Wildman–Crippen MR) is 349 cm³/mol. The average Bonchev–Trinajstić information content (AvgIpc) is 1.75. The van der Waals surface area contributed by atoms with E-state index in [4.69, 9.17) is 74.0 Å². The minimum atomic E-state index is -0.929. The fourth-order valence-corrected chi connectivity index (χ4v) is 9.42. The zero-order valence-electron chi connectivity index (χ0n) is 56.7. The molecule has 6 amide bonds. The Bertz CT molecular complexity index is 2540. The van der Waals surface area contributed by atoms with Crippen molar-refractivity contribution in [3.63, 3.8) is 0 Å². The standard InChI is InChI=1S/C66H105N9O18/c1-64(2,3)91-61(79)73-55(22-13-16-25-67)88-58(76)70-28-19-31-85-52-40-46-34-44-38-50(83-11)54(87-33-21-30-72-60(78)90-57(24-15-18-27-69)75-63(81)93-66(7,8)9)42-48(44)36-45-39-51(84-12)53(41-47(45)35-43(46)37-49(52)82-10)86-32-20-29-71-59(77)89-56(23-14-17-26-68)74-62(80)92-65(4,5)6/h37-42,55-57H,13-36,67-69H2,1-12H3,(H,70,76)(H,71,77)(H,72,78)(H,73,79)(H,74,80)(H,75,81)/t55-,56-,57-/m0/s1. The Labute approximate surface area is 548 Å². The van der Waals surface area contributed by atoms with Gasteiger partial charge in [-0.25, -0.2) is 28.8 Å². The second-order valence-corrected chi connectivity index (χ2v) is 25.2. The van der Waals surface area contributed by atoms with E-state index in [1.165, 1.54) is 0 Å². The van der Waals surface area contributed by atoms with Crippen molar-refractivity contribution in [3.8, 4) is 34.5 Å². The van der Waals surface area contributed by atoms with Crippen molar-refractivity contribution in [1.29, 1.82) is 0 Å². The first-order valence-corrected chi connectivity index (χ1v) is 32.0. The molecule has 27 heteroatoms. The fourth-order valence-electron chi connectivity index (χ4n) is 9.42. The summed E-state index contributed by atoms with van der Waals surface area (Å²) in [5.41, 5.74) is 20.4. The quantitative estimate of drug-likeness (QED) is 0.0116. The van der Waals surface area contributed by atoms with Crippen LogP contribution >= 0.6 is 0 Å². The van der Waals surface area contributed by atoms with Gasteiger partial charge in [0.2, 0.25) is 0 Å². The Morgan fingerprint density at radius 2 is 0.602 bits per heavy atom. The highest BCUT2D eigenvalue weighted by atomic mass is 16.6. The van der Waals surface area contributed by atoms with Gasteiger partial charge in [0.15, 0.2) is 53.2 Å². The van der Waals surface area contributed by atoms with E-state index in [0.717, 1.165) is 33.4 Å². The molecule has 3 aromatic carbocycles. The number of ether oxygens (including phenoxy) is 12. The SMILES string of the molecule is COc1cc2c(cc1OCCCNC(=O)O[C@@H](CCCCN)NC(=O)OC(C)(C)C)Cc1cc(OC)c(OCCCNC(=O)O[C@@H](CCCCN)NC(=O)OC(C)(C)C)cc1Cc1cc(OC)c(OCCCNC(=O)O[C@@H](CCCCN)NC(=O)OC(C)(C)C)cc1C2. The monoisotopic (exact) mass is 1310 g/mol. The lowest BCUT2D eigenvalue weighted by Gasteiger charge is -2.24. The van der Waals surface area contributed by atoms with Crippen molar-refractivity contribution in [2.45, 2.75) is 194 Å². The molecule has 0 fully saturated rings. The van der Waals surface area contributed by atoms with Crippen LogP contribution in [0.3, 0.4) is 0 Å². The van der Waals surface area contributed by atoms with Crippen LogP contribution in [0.15, 0.2) is 36.4 Å². The molecule has 93 heavy (non-hydrogen) atoms. The van der Waals surface area contributed by atoms with Gasteiger partial charge in [0.25, 0.3) is 0 Å². The highest BCUT2D eigenvalue weighted by molar-refractivity contribution is 5.72. The van der Waals surface area contributed by atoms with Gasteiger partial charge in [-0.05, 0) is 229 Å². The number of methoxy groups -OCH3 is 3. The zero-order valence-corrected chi connectivity index (χ0v) is 56.7. The van der Waals surface area contributed by atoms with Crippen LogP contribution in [0.1, 0.15) is 173 Å². The number of nitrogens with one attached hydrogen (secondary N) is 6. The summed E-state index contributed by atoms with van der Waals surface area (Å²) in [4.78, 5) is 76.5. The molecule has 0 spiro atoms. The summed E-state index contributed by atoms with van der Waals surface area (Å²) in [5, 5.41) is 16.1. The van der Waals surface area contributed by atoms with Crippen LogP contribution in [0, 0.1) is 0 Å². The molecule has 27 nitrogen and oxygen atoms in total. The van der Waals surface area contributed by atoms with E-state index in [-0.39, 0.29) is 39.5 Å². The van der Waals surface area contributed by atoms with Crippen molar-refractivity contribution in [2.24, 2.45) is 17.2 Å². The number of amides is 6. The smallest absolute Gasteiger partial charge is 0.410 e. The van der Waals surface area contributed by atoms with Crippen LogP contribution in [0.2, 0.25) is 0 Å². The second kappa shape index (κ2) is 39.5. The van der Waals surface area contributed by atoms with Crippen LogP contribution in [0.25, 0.3) is 0 Å². The van der Waals surface area contributed by atoms with Gasteiger partial charge < -0.3 is 90.0 Å². The first-order chi connectivity index (χ1) is 44.1. The van der Waals surface area contributed by atoms with E-state index in [1.54, 1.807) is 83.6 Å². The van der Waals surface area contributed by atoms with Gasteiger partial charge in [0.05, 0.1) is 41.2 Å². The normalized spacial score (nSPS) is 12.9. The number of hydrogen-bond acceptors (Lipinski definition) is 21. The van der Waals surface area contributed by atoms with E-state index in [0.29, 0.717) is 150 Å². The molecule has 0 saturated carbocycles. The summed E-state index contributed by atoms with van der Waals surface area (Å²) in [6, 6.07) is 11.7. The number of fused-ring (bicyclic) bond motifs is 3. The summed E-state index contributed by atoms with van der Waals surface area (Å²) < 4.78 is 69.9. The average molecular weight is 1310 g/mol. The third-order valence-electron chi connectivity index (χ3n) is 13.7. The number of nitrogens with two attached hydrogens (primary N) is 3. The number of hydrogen-bond donors (Lipinski definition) is 9. The number of benzene rings is 3. The molecule has 12 N–H and O–H groups in total. The van der Waals surface area contributed by atoms with Crippen molar-refractivity contribution >= 4 is 36.6 Å². The lowest BCUT2D eigenvalue weighted by Crippen LogP contribution is -2.43. The summed E-state index contributed by atoms with van der Waals surface area (Å²) in [6.45, 7) is 18.2. The summed E-state index contributed by atoms with van der Waals surface area (Å²) in [5.74, 6) is 2.88. The van der Waals surface area contributed by atoms with Crippen molar-refractivity contribution in [1.82, 2.24) is 31.9 Å². The maximum Gasteiger partial charge on any atom is 0.410 e. The van der Waals surface area contributed by atoms with Gasteiger partial charge in [-0.2, -0.15) is 0 Å². The molecule has 0 unspecified atom stereocenters. The molecule has 0 saturated heterocycles. The van der Waals surface area contributed by atoms with E-state index in [9.17, 15) is 28.8 Å². The number of rotatable bonds is 36. The third-order valence-corrected chi connectivity index (χ3v) is 13.7. The Hall–Kier alpha value is -8.04. The maximum absolute atomic E-state index is 13.0. The Kier molecular flexibility index (Phi) is 32.9. The number of unbranched alkanes of at least 4 members (excludes halogenated alkanes) is 3. The molecular formula is C66H105N9O18. The summed E-state index contributed by atoms with van der Waals surface area (Å²) >= 11 is 0. The third kappa shape index (κ3) is 30.5. The second-order valence-electron chi connectivity index (χ2n) is 25.2. The van der Waals surface area contributed by atoms with Crippen LogP contribution in [0.4, 0.5) is 28.8 Å². The first kappa shape index (κ1) is 77.4. The Morgan fingerprint density at radius 1 is 0.366 bits per heavy atom. The summed E-state index contributed by atoms with van der Waals surface area (Å²) in [6.07, 6.45) is 0.348. The minimum Gasteiger partial charge on any atom is -0.493 e. The molecule has 4 rings (SSSR count). The van der Waals surface area contributed by atoms with E-state index in [2.05, 4.69) is 31.9 Å². The molecule has 0 aromatic heterocycles. The number of carbonyl (C=O) groups excluding carboxylic acids is 6. The molecule has 0 radical (unpaired) electrons. The maximum atomic E-state index is 13.0. The molecule has 1 aliphatic rings. The molecule has 0 aliphatic heterocycles. The minimum absolute atomic E-state index is 0.190. The van der Waals surface area contributed by atoms with Crippen LogP contribution in [-0.4, -0.2) is 152 Å². The van der Waals surface area contributed by atoms with Gasteiger partial charge >= 0.3 is 36.6 Å². The van der Waals surface area contributed by atoms with E-state index < -0.39 is 72.0 Å². The van der Waals surface area contributed by atoms with Gasteiger partial charge in [-0.3, -0.25) is 16.0 Å². The van der Waals surface area contributed by atoms with Gasteiger partial charge in [-0.15, -0.1) is 0 Å². The molecule has 3 atom stereocenters. The highest BCUT2D eigenvalue weighted by Crippen LogP contribution is 2.41. The lowest BCUT2D eigenvalue weighted by atomic mass is 9.94. The van der Waals surface area contributed by atoms with Crippen molar-refractivity contribution < 1.29 is 85.6 Å². The van der Waals surface area contributed by atoms with Crippen LogP contribution < -0.4 is 77.5 Å². The van der Waals surface area contributed by atoms with E-state index in [1.807, 2.05) is 36.4 Å². The Balaban J connectivity index is 1.58. The largest absolute Gasteiger partial charge is 0.493 e. The van der Waals surface area contributed by atoms with Gasteiger partial charge in [0.1, 0.15) is 16.8 Å². The van der Waals surface area contributed by atoms with Crippen molar-refractivity contribution in [3.05, 3.63) is 69.8 Å².